The minimum Gasteiger partial charge on any atom is -0.383 e. The van der Waals surface area contributed by atoms with Gasteiger partial charge in [-0.05, 0) is 26.4 Å². The average molecular weight is 202 g/mol. The van der Waals surface area contributed by atoms with Gasteiger partial charge in [-0.1, -0.05) is 13.8 Å². The summed E-state index contributed by atoms with van der Waals surface area (Å²) in [6, 6.07) is 0.483. The molecule has 0 aliphatic rings. The van der Waals surface area contributed by atoms with Crippen LogP contribution in [-0.4, -0.2) is 51.8 Å². The Morgan fingerprint density at radius 3 is 2.43 bits per heavy atom. The molecule has 1 unspecified atom stereocenters. The summed E-state index contributed by atoms with van der Waals surface area (Å²) in [6.07, 6.45) is 0. The molecule has 14 heavy (non-hydrogen) atoms. The summed E-state index contributed by atoms with van der Waals surface area (Å²) in [7, 11) is 5.91. The first-order valence-corrected chi connectivity index (χ1v) is 5.26. The first-order chi connectivity index (χ1) is 6.43. The highest BCUT2D eigenvalue weighted by Crippen LogP contribution is 2.16. The zero-order valence-electron chi connectivity index (χ0n) is 10.6. The molecule has 0 heterocycles. The van der Waals surface area contributed by atoms with Gasteiger partial charge in [-0.3, -0.25) is 0 Å². The number of nitrogens with one attached hydrogen (secondary N) is 1. The van der Waals surface area contributed by atoms with Crippen LogP contribution in [0.5, 0.6) is 0 Å². The molecule has 0 rings (SSSR count). The zero-order chi connectivity index (χ0) is 11.2. The van der Waals surface area contributed by atoms with Crippen LogP contribution in [0.1, 0.15) is 20.8 Å². The maximum Gasteiger partial charge on any atom is 0.0615 e. The summed E-state index contributed by atoms with van der Waals surface area (Å²) in [4.78, 5) is 2.35. The Hall–Kier alpha value is -0.120. The van der Waals surface area contributed by atoms with Crippen LogP contribution >= 0.6 is 0 Å². The highest BCUT2D eigenvalue weighted by molar-refractivity contribution is 4.76. The smallest absolute Gasteiger partial charge is 0.0615 e. The van der Waals surface area contributed by atoms with Crippen molar-refractivity contribution in [3.05, 3.63) is 0 Å². The van der Waals surface area contributed by atoms with Crippen LogP contribution in [0.25, 0.3) is 0 Å². The van der Waals surface area contributed by atoms with E-state index in [0.717, 1.165) is 19.7 Å². The van der Waals surface area contributed by atoms with Crippen LogP contribution < -0.4 is 5.32 Å². The first-order valence-electron chi connectivity index (χ1n) is 5.26. The molecule has 3 heteroatoms. The predicted octanol–water partition coefficient (Wildman–Crippen LogP) is 1.20. The molecule has 0 aromatic heterocycles. The molecular weight excluding hydrogens is 176 g/mol. The number of hydrogen-bond acceptors (Lipinski definition) is 3. The molecule has 86 valence electrons. The van der Waals surface area contributed by atoms with Crippen LogP contribution in [0.3, 0.4) is 0 Å². The monoisotopic (exact) mass is 202 g/mol. The number of likely N-dealkylation sites (N-methyl/N-ethyl adjacent to an activating group) is 1. The SMILES string of the molecule is CNCC(C)(C)CN(C)C(C)COC. The number of nitrogens with zero attached hydrogens (tertiary/aromatic N) is 1. The van der Waals surface area contributed by atoms with E-state index >= 15 is 0 Å². The molecule has 0 aromatic carbocycles. The average Bonchev–Trinajstić information content (AvgIpc) is 2.03. The van der Waals surface area contributed by atoms with Crippen molar-refractivity contribution in [1.29, 1.82) is 0 Å². The molecule has 1 N–H and O–H groups in total. The van der Waals surface area contributed by atoms with Crippen molar-refractivity contribution < 1.29 is 4.74 Å². The second-order valence-electron chi connectivity index (χ2n) is 4.91. The van der Waals surface area contributed by atoms with Crippen molar-refractivity contribution in [2.24, 2.45) is 5.41 Å². The van der Waals surface area contributed by atoms with Gasteiger partial charge in [-0.15, -0.1) is 0 Å². The van der Waals surface area contributed by atoms with Crippen molar-refractivity contribution in [3.63, 3.8) is 0 Å². The lowest BCUT2D eigenvalue weighted by Gasteiger charge is -2.33. The third-order valence-corrected chi connectivity index (χ3v) is 2.49. The topological polar surface area (TPSA) is 24.5 Å². The van der Waals surface area contributed by atoms with Gasteiger partial charge in [0.25, 0.3) is 0 Å². The van der Waals surface area contributed by atoms with Gasteiger partial charge >= 0.3 is 0 Å². The maximum absolute atomic E-state index is 5.14. The van der Waals surface area contributed by atoms with E-state index in [-0.39, 0.29) is 0 Å². The zero-order valence-corrected chi connectivity index (χ0v) is 10.6. The van der Waals surface area contributed by atoms with E-state index in [2.05, 4.69) is 38.0 Å². The van der Waals surface area contributed by atoms with Crippen molar-refractivity contribution in [1.82, 2.24) is 10.2 Å². The predicted molar refractivity (Wildman–Crippen MR) is 61.7 cm³/mol. The Morgan fingerprint density at radius 1 is 1.43 bits per heavy atom. The lowest BCUT2D eigenvalue weighted by molar-refractivity contribution is 0.0906. The van der Waals surface area contributed by atoms with Gasteiger partial charge in [-0.25, -0.2) is 0 Å². The molecule has 0 aliphatic carbocycles. The maximum atomic E-state index is 5.14. The summed E-state index contributed by atoms with van der Waals surface area (Å²) in [5.41, 5.74) is 0.311. The molecular formula is C11H26N2O. The van der Waals surface area contributed by atoms with E-state index in [0.29, 0.717) is 11.5 Å². The second-order valence-corrected chi connectivity index (χ2v) is 4.91. The second kappa shape index (κ2) is 6.38. The van der Waals surface area contributed by atoms with Crippen LogP contribution in [-0.2, 0) is 4.74 Å². The molecule has 3 nitrogen and oxygen atoms in total. The standard InChI is InChI=1S/C11H26N2O/c1-10(7-14-6)13(5)9-11(2,3)8-12-4/h10,12H,7-9H2,1-6H3. The number of hydrogen-bond donors (Lipinski definition) is 1. The van der Waals surface area contributed by atoms with Crippen LogP contribution in [0.2, 0.25) is 0 Å². The molecule has 0 radical (unpaired) electrons. The van der Waals surface area contributed by atoms with Crippen molar-refractivity contribution in [2.45, 2.75) is 26.8 Å². The first kappa shape index (κ1) is 13.9. The number of ether oxygens (including phenoxy) is 1. The van der Waals surface area contributed by atoms with Gasteiger partial charge in [0.15, 0.2) is 0 Å². The minimum atomic E-state index is 0.311. The third kappa shape index (κ3) is 5.58. The number of rotatable bonds is 7. The van der Waals surface area contributed by atoms with Crippen LogP contribution in [0.15, 0.2) is 0 Å². The molecule has 0 bridgehead atoms. The molecule has 0 spiro atoms. The van der Waals surface area contributed by atoms with Crippen LogP contribution in [0, 0.1) is 5.41 Å². The molecule has 1 atom stereocenters. The van der Waals surface area contributed by atoms with Gasteiger partial charge in [-0.2, -0.15) is 0 Å². The lowest BCUT2D eigenvalue weighted by Crippen LogP contribution is -2.43. The summed E-state index contributed by atoms with van der Waals surface area (Å²) < 4.78 is 5.14. The van der Waals surface area contributed by atoms with Gasteiger partial charge in [0.2, 0.25) is 0 Å². The minimum absolute atomic E-state index is 0.311. The van der Waals surface area contributed by atoms with E-state index in [4.69, 9.17) is 4.74 Å². The Kier molecular flexibility index (Phi) is 6.33. The van der Waals surface area contributed by atoms with Crippen molar-refractivity contribution in [3.8, 4) is 0 Å². The highest BCUT2D eigenvalue weighted by atomic mass is 16.5. The van der Waals surface area contributed by atoms with E-state index < -0.39 is 0 Å². The van der Waals surface area contributed by atoms with Gasteiger partial charge in [0, 0.05) is 26.2 Å². The Labute approximate surface area is 88.8 Å². The summed E-state index contributed by atoms with van der Waals surface area (Å²) in [5.74, 6) is 0. The third-order valence-electron chi connectivity index (χ3n) is 2.49. The normalized spacial score (nSPS) is 14.8. The Morgan fingerprint density at radius 2 is 2.00 bits per heavy atom. The molecule has 0 aliphatic heterocycles. The fourth-order valence-electron chi connectivity index (χ4n) is 1.73. The quantitative estimate of drug-likeness (QED) is 0.671. The van der Waals surface area contributed by atoms with E-state index in [1.165, 1.54) is 0 Å². The molecule has 0 amide bonds. The molecule has 0 fully saturated rings. The van der Waals surface area contributed by atoms with Crippen molar-refractivity contribution >= 4 is 0 Å². The van der Waals surface area contributed by atoms with E-state index in [1.54, 1.807) is 7.11 Å². The van der Waals surface area contributed by atoms with Crippen molar-refractivity contribution in [2.75, 3.05) is 40.9 Å². The fraction of sp³-hybridized carbons (Fsp3) is 1.00. The van der Waals surface area contributed by atoms with Gasteiger partial charge in [0.05, 0.1) is 6.61 Å². The molecule has 0 saturated carbocycles. The van der Waals surface area contributed by atoms with Gasteiger partial charge < -0.3 is 15.0 Å². The van der Waals surface area contributed by atoms with Gasteiger partial charge in [0.1, 0.15) is 0 Å². The highest BCUT2D eigenvalue weighted by Gasteiger charge is 2.21. The molecule has 0 aromatic rings. The Balaban J connectivity index is 3.96. The molecule has 0 saturated heterocycles. The summed E-state index contributed by atoms with van der Waals surface area (Å²) in [6.45, 7) is 9.67. The summed E-state index contributed by atoms with van der Waals surface area (Å²) >= 11 is 0. The lowest BCUT2D eigenvalue weighted by atomic mass is 9.92. The van der Waals surface area contributed by atoms with E-state index in [9.17, 15) is 0 Å². The van der Waals surface area contributed by atoms with Crippen LogP contribution in [0.4, 0.5) is 0 Å². The number of methoxy groups -OCH3 is 1. The fourth-order valence-corrected chi connectivity index (χ4v) is 1.73. The summed E-state index contributed by atoms with van der Waals surface area (Å²) in [5, 5.41) is 3.23. The van der Waals surface area contributed by atoms with E-state index in [1.807, 2.05) is 7.05 Å². The Bertz CT molecular complexity index is 148. The largest absolute Gasteiger partial charge is 0.383 e.